The van der Waals surface area contributed by atoms with E-state index in [1.165, 1.54) is 16.7 Å². The SMILES string of the molecule is COc1cc2c(cc1OCc1ccccc1)CCN1C[C@@H](c3ccccc3)/C(=N\O)C[C@H]21. The predicted molar refractivity (Wildman–Crippen MR) is 125 cm³/mol. The van der Waals surface area contributed by atoms with E-state index in [1.54, 1.807) is 7.11 Å². The number of hydrogen-bond donors (Lipinski definition) is 1. The van der Waals surface area contributed by atoms with Crippen LogP contribution in [-0.2, 0) is 13.0 Å². The highest BCUT2D eigenvalue weighted by Gasteiger charge is 2.38. The van der Waals surface area contributed by atoms with Gasteiger partial charge in [0.25, 0.3) is 0 Å². The molecule has 1 saturated heterocycles. The van der Waals surface area contributed by atoms with Crippen molar-refractivity contribution < 1.29 is 14.7 Å². The fraction of sp³-hybridized carbons (Fsp3) is 0.296. The smallest absolute Gasteiger partial charge is 0.161 e. The van der Waals surface area contributed by atoms with Crippen molar-refractivity contribution >= 4 is 5.71 Å². The molecule has 2 aliphatic heterocycles. The minimum absolute atomic E-state index is 0.120. The summed E-state index contributed by atoms with van der Waals surface area (Å²) in [6.07, 6.45) is 1.67. The van der Waals surface area contributed by atoms with Gasteiger partial charge in [-0.05, 0) is 40.8 Å². The van der Waals surface area contributed by atoms with E-state index in [2.05, 4.69) is 46.5 Å². The first kappa shape index (κ1) is 20.6. The van der Waals surface area contributed by atoms with E-state index in [4.69, 9.17) is 9.47 Å². The second-order valence-electron chi connectivity index (χ2n) is 8.50. The molecule has 5 rings (SSSR count). The Hall–Kier alpha value is -3.31. The van der Waals surface area contributed by atoms with Crippen molar-refractivity contribution in [1.82, 2.24) is 4.90 Å². The van der Waals surface area contributed by atoms with Crippen LogP contribution < -0.4 is 9.47 Å². The number of benzene rings is 3. The van der Waals surface area contributed by atoms with Crippen molar-refractivity contribution in [2.45, 2.75) is 31.4 Å². The summed E-state index contributed by atoms with van der Waals surface area (Å²) in [5.74, 6) is 1.64. The van der Waals surface area contributed by atoms with Gasteiger partial charge in [-0.3, -0.25) is 4.90 Å². The van der Waals surface area contributed by atoms with Gasteiger partial charge in [0.2, 0.25) is 0 Å². The fourth-order valence-electron chi connectivity index (χ4n) is 5.00. The van der Waals surface area contributed by atoms with E-state index >= 15 is 0 Å². The van der Waals surface area contributed by atoms with Gasteiger partial charge < -0.3 is 14.7 Å². The monoisotopic (exact) mass is 428 g/mol. The summed E-state index contributed by atoms with van der Waals surface area (Å²) in [4.78, 5) is 2.51. The second-order valence-corrected chi connectivity index (χ2v) is 8.50. The first-order valence-corrected chi connectivity index (χ1v) is 11.1. The van der Waals surface area contributed by atoms with E-state index in [0.717, 1.165) is 42.3 Å². The second kappa shape index (κ2) is 9.05. The molecular formula is C27H28N2O3. The molecule has 0 amide bonds. The molecule has 0 spiro atoms. The van der Waals surface area contributed by atoms with Crippen LogP contribution in [0.15, 0.2) is 78.0 Å². The molecule has 3 aromatic rings. The molecule has 2 atom stereocenters. The van der Waals surface area contributed by atoms with E-state index in [-0.39, 0.29) is 12.0 Å². The minimum Gasteiger partial charge on any atom is -0.493 e. The average Bonchev–Trinajstić information content (AvgIpc) is 2.87. The van der Waals surface area contributed by atoms with Crippen LogP contribution in [0.25, 0.3) is 0 Å². The first-order chi connectivity index (χ1) is 15.8. The molecule has 0 aliphatic carbocycles. The Kier molecular flexibility index (Phi) is 5.82. The van der Waals surface area contributed by atoms with Gasteiger partial charge in [-0.15, -0.1) is 0 Å². The number of oxime groups is 1. The fourth-order valence-corrected chi connectivity index (χ4v) is 5.00. The van der Waals surface area contributed by atoms with Gasteiger partial charge >= 0.3 is 0 Å². The van der Waals surface area contributed by atoms with Crippen molar-refractivity contribution in [2.24, 2.45) is 5.16 Å². The third-order valence-electron chi connectivity index (χ3n) is 6.68. The van der Waals surface area contributed by atoms with Gasteiger partial charge in [-0.1, -0.05) is 65.8 Å². The van der Waals surface area contributed by atoms with Crippen LogP contribution in [0.5, 0.6) is 11.5 Å². The zero-order valence-electron chi connectivity index (χ0n) is 18.3. The number of piperidine rings is 1. The number of nitrogens with zero attached hydrogens (tertiary/aromatic N) is 2. The van der Waals surface area contributed by atoms with Gasteiger partial charge in [0.1, 0.15) is 6.61 Å². The van der Waals surface area contributed by atoms with Crippen LogP contribution in [0.4, 0.5) is 0 Å². The first-order valence-electron chi connectivity index (χ1n) is 11.1. The van der Waals surface area contributed by atoms with Crippen molar-refractivity contribution in [3.8, 4) is 11.5 Å². The molecule has 1 fully saturated rings. The molecule has 164 valence electrons. The van der Waals surface area contributed by atoms with Gasteiger partial charge in [-0.2, -0.15) is 0 Å². The summed E-state index contributed by atoms with van der Waals surface area (Å²) in [6.45, 7) is 2.33. The van der Waals surface area contributed by atoms with Gasteiger partial charge in [0.15, 0.2) is 11.5 Å². The molecule has 0 unspecified atom stereocenters. The lowest BCUT2D eigenvalue weighted by Gasteiger charge is -2.44. The number of methoxy groups -OCH3 is 1. The van der Waals surface area contributed by atoms with Gasteiger partial charge in [0.05, 0.1) is 12.8 Å². The summed E-state index contributed by atoms with van der Waals surface area (Å²) in [5.41, 5.74) is 5.69. The topological polar surface area (TPSA) is 54.3 Å². The predicted octanol–water partition coefficient (Wildman–Crippen LogP) is 5.19. The lowest BCUT2D eigenvalue weighted by Crippen LogP contribution is -2.45. The molecule has 0 saturated carbocycles. The summed E-state index contributed by atoms with van der Waals surface area (Å²) in [5, 5.41) is 13.5. The van der Waals surface area contributed by atoms with Crippen molar-refractivity contribution in [1.29, 1.82) is 0 Å². The van der Waals surface area contributed by atoms with Crippen LogP contribution in [-0.4, -0.2) is 36.0 Å². The molecule has 1 N–H and O–H groups in total. The van der Waals surface area contributed by atoms with Crippen LogP contribution >= 0.6 is 0 Å². The van der Waals surface area contributed by atoms with Crippen molar-refractivity contribution in [2.75, 3.05) is 20.2 Å². The standard InChI is InChI=1S/C27H28N2O3/c1-31-26-15-22-21(14-27(26)32-18-19-8-4-2-5-9-19)12-13-29-17-23(20-10-6-3-7-11-20)24(28-30)16-25(22)29/h2-11,14-15,23,25,30H,12-13,16-18H2,1H3/b28-24-/t23-,25+/m0/s1. The maximum Gasteiger partial charge on any atom is 0.161 e. The third kappa shape index (κ3) is 3.96. The number of rotatable bonds is 5. The van der Waals surface area contributed by atoms with E-state index in [9.17, 15) is 5.21 Å². The Labute approximate surface area is 188 Å². The third-order valence-corrected chi connectivity index (χ3v) is 6.68. The molecule has 0 radical (unpaired) electrons. The van der Waals surface area contributed by atoms with E-state index in [0.29, 0.717) is 13.0 Å². The Balaban J connectivity index is 1.41. The number of hydrogen-bond acceptors (Lipinski definition) is 5. The number of fused-ring (bicyclic) bond motifs is 3. The largest absolute Gasteiger partial charge is 0.493 e. The maximum atomic E-state index is 9.81. The van der Waals surface area contributed by atoms with Crippen molar-refractivity contribution in [3.05, 3.63) is 95.1 Å². The highest BCUT2D eigenvalue weighted by atomic mass is 16.5. The summed E-state index contributed by atoms with van der Waals surface area (Å²) >= 11 is 0. The Bertz CT molecular complexity index is 1100. The van der Waals surface area contributed by atoms with E-state index < -0.39 is 0 Å². The summed E-state index contributed by atoms with van der Waals surface area (Å²) < 4.78 is 11.8. The maximum absolute atomic E-state index is 9.81. The van der Waals surface area contributed by atoms with Crippen LogP contribution in [0.2, 0.25) is 0 Å². The normalized spacial score (nSPS) is 21.6. The highest BCUT2D eigenvalue weighted by molar-refractivity contribution is 5.92. The Morgan fingerprint density at radius 3 is 2.47 bits per heavy atom. The Morgan fingerprint density at radius 2 is 1.75 bits per heavy atom. The van der Waals surface area contributed by atoms with Crippen LogP contribution in [0.3, 0.4) is 0 Å². The number of ether oxygens (including phenoxy) is 2. The Morgan fingerprint density at radius 1 is 1.00 bits per heavy atom. The molecule has 5 nitrogen and oxygen atoms in total. The zero-order valence-corrected chi connectivity index (χ0v) is 18.3. The van der Waals surface area contributed by atoms with Crippen molar-refractivity contribution in [3.63, 3.8) is 0 Å². The molecule has 32 heavy (non-hydrogen) atoms. The highest BCUT2D eigenvalue weighted by Crippen LogP contribution is 2.43. The summed E-state index contributed by atoms with van der Waals surface area (Å²) in [7, 11) is 1.69. The van der Waals surface area contributed by atoms with Crippen LogP contribution in [0.1, 0.15) is 40.6 Å². The molecule has 3 aromatic carbocycles. The molecule has 2 heterocycles. The van der Waals surface area contributed by atoms with E-state index in [1.807, 2.05) is 36.4 Å². The molecule has 5 heteroatoms. The lowest BCUT2D eigenvalue weighted by molar-refractivity contribution is 0.166. The zero-order chi connectivity index (χ0) is 21.9. The lowest BCUT2D eigenvalue weighted by atomic mass is 9.79. The van der Waals surface area contributed by atoms with Crippen LogP contribution in [0, 0.1) is 0 Å². The molecule has 0 aromatic heterocycles. The average molecular weight is 429 g/mol. The van der Waals surface area contributed by atoms with Gasteiger partial charge in [0, 0.05) is 31.5 Å². The molecular weight excluding hydrogens is 400 g/mol. The summed E-state index contributed by atoms with van der Waals surface area (Å²) in [6, 6.07) is 24.9. The van der Waals surface area contributed by atoms with Gasteiger partial charge in [-0.25, -0.2) is 0 Å². The molecule has 2 aliphatic rings. The molecule has 0 bridgehead atoms. The quantitative estimate of drug-likeness (QED) is 0.449. The minimum atomic E-state index is 0.120.